The maximum atomic E-state index is 11.7. The molecule has 3 aromatic carbocycles. The molecule has 0 aromatic heterocycles. The fourth-order valence-electron chi connectivity index (χ4n) is 5.09. The Bertz CT molecular complexity index is 1220. The predicted molar refractivity (Wildman–Crippen MR) is 119 cm³/mol. The highest BCUT2D eigenvalue weighted by molar-refractivity contribution is 5.87. The first kappa shape index (κ1) is 18.7. The lowest BCUT2D eigenvalue weighted by Crippen LogP contribution is -2.40. The number of aliphatic hydroxyl groups is 2. The number of fused-ring (bicyclic) bond motifs is 6. The van der Waals surface area contributed by atoms with Gasteiger partial charge in [0.25, 0.3) is 0 Å². The van der Waals surface area contributed by atoms with Crippen LogP contribution < -0.4 is 15.8 Å². The van der Waals surface area contributed by atoms with Crippen LogP contribution in [0.25, 0.3) is 5.57 Å². The Balaban J connectivity index is 1.94. The SMILES string of the molecule is C=C1c2c(C)cc(NC)cc2C2(c3ccc(N)cc3Oc3cc(CO)ccc32)C1O. The van der Waals surface area contributed by atoms with Crippen molar-refractivity contribution in [2.75, 3.05) is 18.1 Å². The first-order valence-corrected chi connectivity index (χ1v) is 9.94. The maximum absolute atomic E-state index is 11.7. The van der Waals surface area contributed by atoms with Crippen LogP contribution in [0.3, 0.4) is 0 Å². The van der Waals surface area contributed by atoms with E-state index in [-0.39, 0.29) is 6.61 Å². The fraction of sp³-hybridized carbons (Fsp3) is 0.200. The molecule has 5 heteroatoms. The number of ether oxygens (including phenoxy) is 1. The van der Waals surface area contributed by atoms with Gasteiger partial charge in [0, 0.05) is 35.6 Å². The number of hydrogen-bond acceptors (Lipinski definition) is 5. The second-order valence-corrected chi connectivity index (χ2v) is 8.05. The van der Waals surface area contributed by atoms with E-state index < -0.39 is 11.5 Å². The molecule has 152 valence electrons. The summed E-state index contributed by atoms with van der Waals surface area (Å²) < 4.78 is 6.23. The van der Waals surface area contributed by atoms with Crippen LogP contribution in [0.1, 0.15) is 33.4 Å². The van der Waals surface area contributed by atoms with Crippen molar-refractivity contribution in [3.63, 3.8) is 0 Å². The lowest BCUT2D eigenvalue weighted by atomic mass is 9.66. The molecule has 30 heavy (non-hydrogen) atoms. The van der Waals surface area contributed by atoms with Gasteiger partial charge in [0.05, 0.1) is 18.1 Å². The van der Waals surface area contributed by atoms with Crippen molar-refractivity contribution in [3.05, 3.63) is 88.5 Å². The van der Waals surface area contributed by atoms with E-state index in [0.29, 0.717) is 22.8 Å². The summed E-state index contributed by atoms with van der Waals surface area (Å²) in [5.41, 5.74) is 12.9. The minimum absolute atomic E-state index is 0.0950. The molecule has 0 saturated heterocycles. The first-order chi connectivity index (χ1) is 14.4. The fourth-order valence-corrected chi connectivity index (χ4v) is 5.09. The van der Waals surface area contributed by atoms with E-state index >= 15 is 0 Å². The number of hydrogen-bond donors (Lipinski definition) is 4. The molecule has 0 bridgehead atoms. The average molecular weight is 400 g/mol. The molecule has 3 aromatic rings. The zero-order valence-corrected chi connectivity index (χ0v) is 17.0. The number of aliphatic hydroxyl groups excluding tert-OH is 2. The van der Waals surface area contributed by atoms with Gasteiger partial charge in [-0.05, 0) is 59.0 Å². The molecular weight excluding hydrogens is 376 g/mol. The molecule has 1 spiro atoms. The zero-order chi connectivity index (χ0) is 21.2. The Labute approximate surface area is 175 Å². The van der Waals surface area contributed by atoms with Gasteiger partial charge >= 0.3 is 0 Å². The summed E-state index contributed by atoms with van der Waals surface area (Å²) >= 11 is 0. The standard InChI is InChI=1S/C25H24N2O3/c1-13-8-17(27-3)11-20-23(13)14(2)24(29)25(20)18-6-4-15(12-28)9-21(18)30-22-10-16(26)5-7-19(22)25/h4-11,24,27-29H,2,12,26H2,1,3H3. The van der Waals surface area contributed by atoms with Crippen LogP contribution in [0.4, 0.5) is 11.4 Å². The maximum Gasteiger partial charge on any atom is 0.134 e. The smallest absolute Gasteiger partial charge is 0.134 e. The summed E-state index contributed by atoms with van der Waals surface area (Å²) in [6, 6.07) is 15.3. The lowest BCUT2D eigenvalue weighted by molar-refractivity contribution is 0.177. The summed E-state index contributed by atoms with van der Waals surface area (Å²) in [5, 5.41) is 24.6. The van der Waals surface area contributed by atoms with Crippen molar-refractivity contribution in [1.29, 1.82) is 0 Å². The number of nitrogens with two attached hydrogens (primary N) is 1. The number of nitrogen functional groups attached to an aromatic ring is 1. The van der Waals surface area contributed by atoms with Crippen LogP contribution >= 0.6 is 0 Å². The molecular formula is C25H24N2O3. The number of nitrogens with one attached hydrogen (secondary N) is 1. The highest BCUT2D eigenvalue weighted by Crippen LogP contribution is 2.61. The molecule has 1 aliphatic carbocycles. The molecule has 1 heterocycles. The van der Waals surface area contributed by atoms with E-state index in [4.69, 9.17) is 10.5 Å². The molecule has 0 fully saturated rings. The molecule has 2 aliphatic rings. The van der Waals surface area contributed by atoms with E-state index in [2.05, 4.69) is 24.0 Å². The summed E-state index contributed by atoms with van der Waals surface area (Å²) in [6.07, 6.45) is -0.872. The van der Waals surface area contributed by atoms with Crippen molar-refractivity contribution < 1.29 is 14.9 Å². The lowest BCUT2D eigenvalue weighted by Gasteiger charge is -2.41. The Morgan fingerprint density at radius 2 is 1.77 bits per heavy atom. The summed E-state index contributed by atoms with van der Waals surface area (Å²) in [4.78, 5) is 0. The second-order valence-electron chi connectivity index (χ2n) is 8.05. The minimum Gasteiger partial charge on any atom is -0.457 e. The number of benzene rings is 3. The monoisotopic (exact) mass is 400 g/mol. The normalized spacial score (nSPS) is 21.1. The van der Waals surface area contributed by atoms with Crippen LogP contribution in [0.5, 0.6) is 11.5 Å². The van der Waals surface area contributed by atoms with Gasteiger partial charge in [0.1, 0.15) is 11.5 Å². The number of aryl methyl sites for hydroxylation is 1. The summed E-state index contributed by atoms with van der Waals surface area (Å²) in [6.45, 7) is 6.21. The number of anilines is 2. The summed E-state index contributed by atoms with van der Waals surface area (Å²) in [7, 11) is 1.88. The highest BCUT2D eigenvalue weighted by atomic mass is 16.5. The summed E-state index contributed by atoms with van der Waals surface area (Å²) in [5.74, 6) is 1.21. The molecule has 2 unspecified atom stereocenters. The molecule has 5 N–H and O–H groups in total. The third-order valence-electron chi connectivity index (χ3n) is 6.41. The predicted octanol–water partition coefficient (Wildman–Crippen LogP) is 3.94. The minimum atomic E-state index is -0.880. The topological polar surface area (TPSA) is 87.7 Å². The largest absolute Gasteiger partial charge is 0.457 e. The zero-order valence-electron chi connectivity index (χ0n) is 17.0. The van der Waals surface area contributed by atoms with E-state index in [9.17, 15) is 10.2 Å². The molecule has 1 aliphatic heterocycles. The molecule has 2 atom stereocenters. The van der Waals surface area contributed by atoms with Gasteiger partial charge in [-0.3, -0.25) is 0 Å². The van der Waals surface area contributed by atoms with Crippen LogP contribution in [-0.2, 0) is 12.0 Å². The van der Waals surface area contributed by atoms with Crippen LogP contribution in [0, 0.1) is 6.92 Å². The molecule has 0 amide bonds. The van der Waals surface area contributed by atoms with Gasteiger partial charge in [-0.1, -0.05) is 24.8 Å². The van der Waals surface area contributed by atoms with Crippen LogP contribution in [0.2, 0.25) is 0 Å². The van der Waals surface area contributed by atoms with E-state index in [1.807, 2.05) is 44.3 Å². The van der Waals surface area contributed by atoms with Gasteiger partial charge in [-0.2, -0.15) is 0 Å². The quantitative estimate of drug-likeness (QED) is 0.490. The van der Waals surface area contributed by atoms with Crippen molar-refractivity contribution in [2.24, 2.45) is 0 Å². The van der Waals surface area contributed by atoms with E-state index in [1.54, 1.807) is 6.07 Å². The highest BCUT2D eigenvalue weighted by Gasteiger charge is 2.55. The molecule has 5 rings (SSSR count). The Morgan fingerprint density at radius 1 is 1.07 bits per heavy atom. The average Bonchev–Trinajstić information content (AvgIpc) is 2.96. The Hall–Kier alpha value is -3.28. The van der Waals surface area contributed by atoms with E-state index in [1.165, 1.54) is 0 Å². The Kier molecular flexibility index (Phi) is 3.97. The second kappa shape index (κ2) is 6.36. The van der Waals surface area contributed by atoms with Crippen molar-refractivity contribution in [3.8, 4) is 11.5 Å². The molecule has 5 nitrogen and oxygen atoms in total. The van der Waals surface area contributed by atoms with Gasteiger partial charge in [0.2, 0.25) is 0 Å². The van der Waals surface area contributed by atoms with Crippen molar-refractivity contribution in [1.82, 2.24) is 0 Å². The first-order valence-electron chi connectivity index (χ1n) is 9.94. The van der Waals surface area contributed by atoms with E-state index in [0.717, 1.165) is 39.1 Å². The Morgan fingerprint density at radius 3 is 2.47 bits per heavy atom. The molecule has 0 saturated carbocycles. The van der Waals surface area contributed by atoms with Crippen LogP contribution in [0.15, 0.2) is 55.1 Å². The van der Waals surface area contributed by atoms with Gasteiger partial charge < -0.3 is 26.0 Å². The third-order valence-corrected chi connectivity index (χ3v) is 6.41. The third kappa shape index (κ3) is 2.24. The number of rotatable bonds is 2. The van der Waals surface area contributed by atoms with Crippen molar-refractivity contribution in [2.45, 2.75) is 25.0 Å². The van der Waals surface area contributed by atoms with Crippen molar-refractivity contribution >= 4 is 16.9 Å². The van der Waals surface area contributed by atoms with Gasteiger partial charge in [-0.25, -0.2) is 0 Å². The van der Waals surface area contributed by atoms with Gasteiger partial charge in [0.15, 0.2) is 0 Å². The van der Waals surface area contributed by atoms with Gasteiger partial charge in [-0.15, -0.1) is 0 Å². The molecule has 0 radical (unpaired) electrons. The van der Waals surface area contributed by atoms with Crippen LogP contribution in [-0.4, -0.2) is 23.4 Å².